The van der Waals surface area contributed by atoms with E-state index >= 15 is 0 Å². The van der Waals surface area contributed by atoms with E-state index in [0.29, 0.717) is 49.4 Å². The van der Waals surface area contributed by atoms with E-state index in [2.05, 4.69) is 0 Å². The number of carbonyl (C=O) groups excluding carboxylic acids is 3. The summed E-state index contributed by atoms with van der Waals surface area (Å²) in [6.45, 7) is 5.78. The van der Waals surface area contributed by atoms with Gasteiger partial charge in [-0.2, -0.15) is 0 Å². The second kappa shape index (κ2) is 12.8. The Kier molecular flexibility index (Phi) is 9.78. The maximum Gasteiger partial charge on any atom is 0.411 e. The van der Waals surface area contributed by atoms with Crippen LogP contribution in [0.25, 0.3) is 0 Å². The fourth-order valence-electron chi connectivity index (χ4n) is 4.64. The highest BCUT2D eigenvalue weighted by Gasteiger charge is 2.41. The highest BCUT2D eigenvalue weighted by Crippen LogP contribution is 2.32. The first-order chi connectivity index (χ1) is 18.1. The predicted molar refractivity (Wildman–Crippen MR) is 146 cm³/mol. The van der Waals surface area contributed by atoms with Crippen molar-refractivity contribution in [1.82, 2.24) is 4.90 Å². The minimum absolute atomic E-state index is 0.369. The maximum atomic E-state index is 13.5. The largest absolute Gasteiger partial charge is 0.493 e. The third kappa shape index (κ3) is 6.85. The van der Waals surface area contributed by atoms with Crippen LogP contribution in [0.1, 0.15) is 70.1 Å². The van der Waals surface area contributed by atoms with E-state index in [0.717, 1.165) is 24.0 Å². The van der Waals surface area contributed by atoms with Crippen LogP contribution in [0.15, 0.2) is 42.5 Å². The summed E-state index contributed by atoms with van der Waals surface area (Å²) in [5.41, 5.74) is 7.58. The van der Waals surface area contributed by atoms with Crippen LogP contribution in [0.2, 0.25) is 0 Å². The number of nitrogens with zero attached hydrogens (tertiary/aromatic N) is 1. The van der Waals surface area contributed by atoms with Crippen molar-refractivity contribution >= 4 is 23.3 Å². The van der Waals surface area contributed by atoms with Gasteiger partial charge in [0.05, 0.1) is 14.2 Å². The van der Waals surface area contributed by atoms with E-state index in [9.17, 15) is 14.4 Å². The number of ether oxygens (including phenoxy) is 3. The first-order valence-electron chi connectivity index (χ1n) is 13.2. The quantitative estimate of drug-likeness (QED) is 0.304. The average Bonchev–Trinajstić information content (AvgIpc) is 2.93. The minimum atomic E-state index is -0.804. The second-order valence-corrected chi connectivity index (χ2v) is 10.4. The van der Waals surface area contributed by atoms with Gasteiger partial charge in [0.25, 0.3) is 0 Å². The Hall–Kier alpha value is -3.55. The van der Waals surface area contributed by atoms with E-state index in [1.54, 1.807) is 40.2 Å². The number of carbonyl (C=O) groups is 3. The summed E-state index contributed by atoms with van der Waals surface area (Å²) in [6, 6.07) is 12.1. The van der Waals surface area contributed by atoms with Crippen LogP contribution in [0.3, 0.4) is 0 Å². The molecule has 2 aromatic rings. The molecule has 1 amide bonds. The van der Waals surface area contributed by atoms with Gasteiger partial charge in [-0.05, 0) is 73.9 Å². The fourth-order valence-corrected chi connectivity index (χ4v) is 4.64. The van der Waals surface area contributed by atoms with Crippen LogP contribution in [-0.2, 0) is 20.7 Å². The number of likely N-dealkylation sites (tertiary alicyclic amines) is 1. The standard InChI is InChI=1S/C30H40N2O6/c1-6-30(2,3)28(34)27(33)23-12-7-8-17-32(23)29(35)38-24(21-10-9-11-22(31)19-21)15-13-20-14-16-25(36-4)26(18-20)37-5/h9-11,14,16,18-19,23-24H,6-8,12-13,15,17,31H2,1-5H3/t23?,24-/m0/s1. The van der Waals surface area contributed by atoms with Gasteiger partial charge in [0.1, 0.15) is 12.1 Å². The van der Waals surface area contributed by atoms with Crippen molar-refractivity contribution < 1.29 is 28.6 Å². The van der Waals surface area contributed by atoms with Gasteiger partial charge < -0.3 is 19.9 Å². The number of nitrogens with two attached hydrogens (primary N) is 1. The van der Waals surface area contributed by atoms with E-state index in [1.165, 1.54) is 4.90 Å². The van der Waals surface area contributed by atoms with Crippen molar-refractivity contribution in [1.29, 1.82) is 0 Å². The van der Waals surface area contributed by atoms with Crippen LogP contribution < -0.4 is 15.2 Å². The van der Waals surface area contributed by atoms with Crippen LogP contribution in [0.5, 0.6) is 11.5 Å². The monoisotopic (exact) mass is 524 g/mol. The molecule has 1 fully saturated rings. The van der Waals surface area contributed by atoms with Crippen molar-refractivity contribution in [3.8, 4) is 11.5 Å². The summed E-state index contributed by atoms with van der Waals surface area (Å²) < 4.78 is 16.8. The number of piperidine rings is 1. The zero-order valence-electron chi connectivity index (χ0n) is 23.1. The molecular formula is C30H40N2O6. The Morgan fingerprint density at radius 3 is 2.45 bits per heavy atom. The number of methoxy groups -OCH3 is 2. The van der Waals surface area contributed by atoms with Crippen molar-refractivity contribution in [3.05, 3.63) is 53.6 Å². The third-order valence-corrected chi connectivity index (χ3v) is 7.43. The number of rotatable bonds is 11. The van der Waals surface area contributed by atoms with E-state index in [-0.39, 0.29) is 0 Å². The Bertz CT molecular complexity index is 1150. The molecule has 0 saturated carbocycles. The van der Waals surface area contributed by atoms with Crippen LogP contribution in [-0.4, -0.2) is 49.4 Å². The molecule has 38 heavy (non-hydrogen) atoms. The number of aryl methyl sites for hydroxylation is 1. The molecule has 0 aliphatic carbocycles. The van der Waals surface area contributed by atoms with Gasteiger partial charge in [-0.3, -0.25) is 14.5 Å². The summed E-state index contributed by atoms with van der Waals surface area (Å²) in [5.74, 6) is 0.304. The molecule has 0 aromatic heterocycles. The first kappa shape index (κ1) is 29.0. The predicted octanol–water partition coefficient (Wildman–Crippen LogP) is 5.53. The normalized spacial score (nSPS) is 16.4. The lowest BCUT2D eigenvalue weighted by molar-refractivity contribution is -0.145. The average molecular weight is 525 g/mol. The van der Waals surface area contributed by atoms with Gasteiger partial charge in [-0.25, -0.2) is 4.79 Å². The molecule has 1 unspecified atom stereocenters. The Labute approximate surface area is 225 Å². The molecule has 1 aliphatic rings. The van der Waals surface area contributed by atoms with Gasteiger partial charge in [0.15, 0.2) is 11.5 Å². The lowest BCUT2D eigenvalue weighted by Crippen LogP contribution is -2.52. The SMILES string of the molecule is CCC(C)(C)C(=O)C(=O)C1CCCCN1C(=O)O[C@@H](CCc1ccc(OC)c(OC)c1)c1cccc(N)c1. The first-order valence-corrected chi connectivity index (χ1v) is 13.2. The second-order valence-electron chi connectivity index (χ2n) is 10.4. The lowest BCUT2D eigenvalue weighted by atomic mass is 9.80. The topological polar surface area (TPSA) is 108 Å². The smallest absolute Gasteiger partial charge is 0.411 e. The Morgan fingerprint density at radius 2 is 1.79 bits per heavy atom. The van der Waals surface area contributed by atoms with Crippen molar-refractivity contribution in [3.63, 3.8) is 0 Å². The number of amides is 1. The lowest BCUT2D eigenvalue weighted by Gasteiger charge is -2.36. The number of ketones is 2. The zero-order chi connectivity index (χ0) is 27.9. The van der Waals surface area contributed by atoms with Crippen molar-refractivity contribution in [2.24, 2.45) is 5.41 Å². The van der Waals surface area contributed by atoms with Gasteiger partial charge >= 0.3 is 6.09 Å². The molecule has 206 valence electrons. The molecule has 1 aliphatic heterocycles. The summed E-state index contributed by atoms with van der Waals surface area (Å²) in [6.07, 6.45) is 2.41. The molecular weight excluding hydrogens is 484 g/mol. The van der Waals surface area contributed by atoms with Crippen molar-refractivity contribution in [2.75, 3.05) is 26.5 Å². The molecule has 8 nitrogen and oxygen atoms in total. The highest BCUT2D eigenvalue weighted by molar-refractivity contribution is 6.41. The number of anilines is 1. The molecule has 8 heteroatoms. The number of Topliss-reactive ketones (excluding diaryl/α,β-unsaturated/α-hetero) is 2. The molecule has 2 aromatic carbocycles. The summed E-state index contributed by atoms with van der Waals surface area (Å²) in [5, 5.41) is 0. The summed E-state index contributed by atoms with van der Waals surface area (Å²) in [7, 11) is 3.17. The van der Waals surface area contributed by atoms with Crippen LogP contribution in [0.4, 0.5) is 10.5 Å². The van der Waals surface area contributed by atoms with Gasteiger partial charge in [0, 0.05) is 17.6 Å². The maximum absolute atomic E-state index is 13.5. The van der Waals surface area contributed by atoms with E-state index in [1.807, 2.05) is 37.3 Å². The fraction of sp³-hybridized carbons (Fsp3) is 0.500. The van der Waals surface area contributed by atoms with Crippen LogP contribution in [0, 0.1) is 5.41 Å². The molecule has 1 saturated heterocycles. The molecule has 1 heterocycles. The number of nitrogen functional groups attached to an aromatic ring is 1. The Balaban J connectivity index is 1.81. The molecule has 3 rings (SSSR count). The molecule has 2 N–H and O–H groups in total. The van der Waals surface area contributed by atoms with E-state index < -0.39 is 35.2 Å². The summed E-state index contributed by atoms with van der Waals surface area (Å²) >= 11 is 0. The van der Waals surface area contributed by atoms with E-state index in [4.69, 9.17) is 19.9 Å². The number of hydrogen-bond acceptors (Lipinski definition) is 7. The van der Waals surface area contributed by atoms with Gasteiger partial charge in [-0.15, -0.1) is 0 Å². The van der Waals surface area contributed by atoms with Crippen LogP contribution >= 0.6 is 0 Å². The molecule has 0 spiro atoms. The van der Waals surface area contributed by atoms with Gasteiger partial charge in [-0.1, -0.05) is 39.0 Å². The Morgan fingerprint density at radius 1 is 1.05 bits per heavy atom. The van der Waals surface area contributed by atoms with Crippen molar-refractivity contribution in [2.45, 2.75) is 71.4 Å². The minimum Gasteiger partial charge on any atom is -0.493 e. The number of hydrogen-bond donors (Lipinski definition) is 1. The number of benzene rings is 2. The molecule has 2 atom stereocenters. The third-order valence-electron chi connectivity index (χ3n) is 7.43. The van der Waals surface area contributed by atoms with Gasteiger partial charge in [0.2, 0.25) is 11.6 Å². The highest BCUT2D eigenvalue weighted by atomic mass is 16.6. The zero-order valence-corrected chi connectivity index (χ0v) is 23.1. The summed E-state index contributed by atoms with van der Waals surface area (Å²) in [4.78, 5) is 41.1. The molecule has 0 radical (unpaired) electrons. The molecule has 0 bridgehead atoms.